The van der Waals surface area contributed by atoms with Gasteiger partial charge in [-0.2, -0.15) is 0 Å². The average Bonchev–Trinajstić information content (AvgIpc) is 2.46. The maximum atomic E-state index is 3.75. The molecule has 0 saturated carbocycles. The van der Waals surface area contributed by atoms with Crippen LogP contribution >= 0.6 is 0 Å². The molecular weight excluding hydrogens is 244 g/mol. The zero-order chi connectivity index (χ0) is 14.4. The first-order valence-corrected chi connectivity index (χ1v) is 8.25. The van der Waals surface area contributed by atoms with Gasteiger partial charge in [0.05, 0.1) is 0 Å². The Kier molecular flexibility index (Phi) is 6.06. The smallest absolute Gasteiger partial charge is 0.0452 e. The zero-order valence-electron chi connectivity index (χ0n) is 13.4. The molecule has 1 heterocycles. The Balaban J connectivity index is 2.09. The van der Waals surface area contributed by atoms with Crippen molar-refractivity contribution < 1.29 is 0 Å². The molecular formula is C18H30N2. The van der Waals surface area contributed by atoms with Crippen molar-refractivity contribution in [2.24, 2.45) is 0 Å². The van der Waals surface area contributed by atoms with Crippen LogP contribution in [0.15, 0.2) is 24.3 Å². The summed E-state index contributed by atoms with van der Waals surface area (Å²) in [6, 6.07) is 10.0. The lowest BCUT2D eigenvalue weighted by molar-refractivity contribution is 0.144. The third kappa shape index (κ3) is 4.07. The van der Waals surface area contributed by atoms with Crippen LogP contribution in [-0.2, 0) is 0 Å². The summed E-state index contributed by atoms with van der Waals surface area (Å²) in [4.78, 5) is 2.67. The summed E-state index contributed by atoms with van der Waals surface area (Å²) >= 11 is 0. The Hall–Kier alpha value is -0.860. The molecule has 1 fully saturated rings. The Morgan fingerprint density at radius 3 is 2.80 bits per heavy atom. The molecule has 2 rings (SSSR count). The van der Waals surface area contributed by atoms with Crippen molar-refractivity contribution in [3.63, 3.8) is 0 Å². The summed E-state index contributed by atoms with van der Waals surface area (Å²) in [7, 11) is 0. The molecule has 2 heteroatoms. The molecule has 2 nitrogen and oxygen atoms in total. The second kappa shape index (κ2) is 7.80. The summed E-state index contributed by atoms with van der Waals surface area (Å²) in [6.07, 6.45) is 5.31. The topological polar surface area (TPSA) is 15.3 Å². The van der Waals surface area contributed by atoms with Gasteiger partial charge >= 0.3 is 0 Å². The lowest BCUT2D eigenvalue weighted by atomic mass is 9.97. The quantitative estimate of drug-likeness (QED) is 0.846. The normalized spacial score (nSPS) is 21.9. The lowest BCUT2D eigenvalue weighted by Crippen LogP contribution is -2.43. The first kappa shape index (κ1) is 15.5. The molecule has 1 aromatic rings. The number of nitrogens with zero attached hydrogens (tertiary/aromatic N) is 1. The van der Waals surface area contributed by atoms with Crippen molar-refractivity contribution in [2.75, 3.05) is 19.6 Å². The Morgan fingerprint density at radius 1 is 1.30 bits per heavy atom. The number of rotatable bonds is 6. The Bertz CT molecular complexity index is 402. The summed E-state index contributed by atoms with van der Waals surface area (Å²) in [5.74, 6) is 0. The van der Waals surface area contributed by atoms with E-state index in [4.69, 9.17) is 0 Å². The van der Waals surface area contributed by atoms with E-state index in [1.54, 1.807) is 0 Å². The second-order valence-corrected chi connectivity index (χ2v) is 6.20. The van der Waals surface area contributed by atoms with Gasteiger partial charge in [-0.25, -0.2) is 0 Å². The van der Waals surface area contributed by atoms with E-state index in [0.717, 1.165) is 19.1 Å². The van der Waals surface area contributed by atoms with Crippen LogP contribution in [0.2, 0.25) is 0 Å². The van der Waals surface area contributed by atoms with Gasteiger partial charge in [0.1, 0.15) is 0 Å². The highest BCUT2D eigenvalue weighted by Crippen LogP contribution is 2.23. The molecule has 1 aliphatic rings. The molecule has 20 heavy (non-hydrogen) atoms. The fourth-order valence-electron chi connectivity index (χ4n) is 3.23. The van der Waals surface area contributed by atoms with Crippen molar-refractivity contribution in [2.45, 2.75) is 58.5 Å². The monoisotopic (exact) mass is 274 g/mol. The van der Waals surface area contributed by atoms with Crippen LogP contribution in [-0.4, -0.2) is 30.6 Å². The highest BCUT2D eigenvalue weighted by molar-refractivity contribution is 5.29. The summed E-state index contributed by atoms with van der Waals surface area (Å²) in [5.41, 5.74) is 2.88. The van der Waals surface area contributed by atoms with E-state index in [1.807, 2.05) is 0 Å². The number of hydrogen-bond acceptors (Lipinski definition) is 2. The van der Waals surface area contributed by atoms with Crippen molar-refractivity contribution in [1.82, 2.24) is 10.2 Å². The number of likely N-dealkylation sites (tertiary alicyclic amines) is 1. The molecule has 0 aliphatic carbocycles. The van der Waals surface area contributed by atoms with Crippen molar-refractivity contribution in [3.8, 4) is 0 Å². The van der Waals surface area contributed by atoms with Crippen LogP contribution in [0.1, 0.15) is 56.7 Å². The van der Waals surface area contributed by atoms with Crippen LogP contribution in [0.3, 0.4) is 0 Å². The van der Waals surface area contributed by atoms with Gasteiger partial charge in [-0.15, -0.1) is 0 Å². The number of nitrogens with one attached hydrogen (secondary N) is 1. The van der Waals surface area contributed by atoms with Gasteiger partial charge in [0.2, 0.25) is 0 Å². The van der Waals surface area contributed by atoms with Crippen LogP contribution in [0.4, 0.5) is 0 Å². The van der Waals surface area contributed by atoms with Gasteiger partial charge in [0.15, 0.2) is 0 Å². The zero-order valence-corrected chi connectivity index (χ0v) is 13.4. The second-order valence-electron chi connectivity index (χ2n) is 6.20. The fraction of sp³-hybridized carbons (Fsp3) is 0.667. The number of piperidine rings is 1. The van der Waals surface area contributed by atoms with Crippen LogP contribution in [0.25, 0.3) is 0 Å². The van der Waals surface area contributed by atoms with Gasteiger partial charge in [-0.1, -0.05) is 37.6 Å². The van der Waals surface area contributed by atoms with E-state index >= 15 is 0 Å². The first-order valence-electron chi connectivity index (χ1n) is 8.25. The molecule has 0 amide bonds. The molecule has 0 bridgehead atoms. The molecule has 1 N–H and O–H groups in total. The summed E-state index contributed by atoms with van der Waals surface area (Å²) < 4.78 is 0. The molecule has 2 atom stereocenters. The highest BCUT2D eigenvalue weighted by atomic mass is 15.2. The molecule has 0 aromatic heterocycles. The number of aryl methyl sites for hydroxylation is 1. The van der Waals surface area contributed by atoms with E-state index in [1.165, 1.54) is 43.4 Å². The SMILES string of the molecule is CCCNC(CN1CCCCC1C)c1ccccc1C. The van der Waals surface area contributed by atoms with Crippen molar-refractivity contribution in [1.29, 1.82) is 0 Å². The molecule has 1 saturated heterocycles. The summed E-state index contributed by atoms with van der Waals surface area (Å²) in [5, 5.41) is 3.75. The highest BCUT2D eigenvalue weighted by Gasteiger charge is 2.22. The molecule has 112 valence electrons. The van der Waals surface area contributed by atoms with Gasteiger partial charge < -0.3 is 5.32 Å². The minimum absolute atomic E-state index is 0.469. The first-order chi connectivity index (χ1) is 9.72. The van der Waals surface area contributed by atoms with Crippen LogP contribution < -0.4 is 5.32 Å². The van der Waals surface area contributed by atoms with E-state index in [-0.39, 0.29) is 0 Å². The number of benzene rings is 1. The van der Waals surface area contributed by atoms with Crippen molar-refractivity contribution >= 4 is 0 Å². The molecule has 1 aliphatic heterocycles. The Morgan fingerprint density at radius 2 is 2.10 bits per heavy atom. The van der Waals surface area contributed by atoms with Crippen molar-refractivity contribution in [3.05, 3.63) is 35.4 Å². The maximum Gasteiger partial charge on any atom is 0.0452 e. The number of hydrogen-bond donors (Lipinski definition) is 1. The maximum absolute atomic E-state index is 3.75. The van der Waals surface area contributed by atoms with E-state index in [0.29, 0.717) is 6.04 Å². The largest absolute Gasteiger partial charge is 0.309 e. The van der Waals surface area contributed by atoms with E-state index in [2.05, 4.69) is 55.3 Å². The molecule has 0 spiro atoms. The predicted octanol–water partition coefficient (Wildman–Crippen LogP) is 3.91. The van der Waals surface area contributed by atoms with Gasteiger partial charge in [0, 0.05) is 18.6 Å². The van der Waals surface area contributed by atoms with Gasteiger partial charge in [0.25, 0.3) is 0 Å². The molecule has 2 unspecified atom stereocenters. The van der Waals surface area contributed by atoms with E-state index in [9.17, 15) is 0 Å². The van der Waals surface area contributed by atoms with Gasteiger partial charge in [-0.3, -0.25) is 4.90 Å². The van der Waals surface area contributed by atoms with Gasteiger partial charge in [-0.05, 0) is 57.3 Å². The minimum Gasteiger partial charge on any atom is -0.309 e. The van der Waals surface area contributed by atoms with Crippen LogP contribution in [0.5, 0.6) is 0 Å². The minimum atomic E-state index is 0.469. The van der Waals surface area contributed by atoms with Crippen LogP contribution in [0, 0.1) is 6.92 Å². The summed E-state index contributed by atoms with van der Waals surface area (Å²) in [6.45, 7) is 10.4. The predicted molar refractivity (Wildman–Crippen MR) is 87.1 cm³/mol. The average molecular weight is 274 g/mol. The third-order valence-electron chi connectivity index (χ3n) is 4.56. The molecule has 1 aromatic carbocycles. The Labute approximate surface area is 124 Å². The standard InChI is InChI=1S/C18H30N2/c1-4-12-19-18(17-11-6-5-9-15(17)2)14-20-13-8-7-10-16(20)3/h5-6,9,11,16,18-19H,4,7-8,10,12-14H2,1-3H3. The molecule has 0 radical (unpaired) electrons. The lowest BCUT2D eigenvalue weighted by Gasteiger charge is -2.36. The fourth-order valence-corrected chi connectivity index (χ4v) is 3.23. The third-order valence-corrected chi connectivity index (χ3v) is 4.56. The van der Waals surface area contributed by atoms with E-state index < -0.39 is 0 Å².